The highest BCUT2D eigenvalue weighted by Crippen LogP contribution is 2.41. The Labute approximate surface area is 176 Å². The summed E-state index contributed by atoms with van der Waals surface area (Å²) in [5.41, 5.74) is 1.48. The summed E-state index contributed by atoms with van der Waals surface area (Å²) in [4.78, 5) is 31.9. The molecule has 6 nitrogen and oxygen atoms in total. The van der Waals surface area contributed by atoms with E-state index in [4.69, 9.17) is 9.97 Å². The van der Waals surface area contributed by atoms with E-state index in [9.17, 15) is 4.79 Å². The second-order valence-electron chi connectivity index (χ2n) is 9.12. The number of fused-ring (bicyclic) bond motifs is 3. The Morgan fingerprint density at radius 1 is 1.10 bits per heavy atom. The predicted molar refractivity (Wildman–Crippen MR) is 118 cm³/mol. The largest absolute Gasteiger partial charge is 0.356 e. The van der Waals surface area contributed by atoms with E-state index in [0.29, 0.717) is 24.3 Å². The van der Waals surface area contributed by atoms with E-state index >= 15 is 0 Å². The lowest BCUT2D eigenvalue weighted by Crippen LogP contribution is -2.35. The monoisotopic (exact) mass is 413 g/mol. The number of anilines is 1. The van der Waals surface area contributed by atoms with E-state index in [-0.39, 0.29) is 5.91 Å². The summed E-state index contributed by atoms with van der Waals surface area (Å²) >= 11 is 1.83. The highest BCUT2D eigenvalue weighted by atomic mass is 32.1. The first-order valence-electron chi connectivity index (χ1n) is 11.0. The Hall–Kier alpha value is -1.73. The molecule has 2 aliphatic carbocycles. The van der Waals surface area contributed by atoms with Gasteiger partial charge in [-0.3, -0.25) is 4.79 Å². The molecule has 1 saturated carbocycles. The summed E-state index contributed by atoms with van der Waals surface area (Å²) in [5.74, 6) is 1.92. The first-order chi connectivity index (χ1) is 14.0. The first-order valence-corrected chi connectivity index (χ1v) is 11.8. The van der Waals surface area contributed by atoms with Gasteiger partial charge >= 0.3 is 0 Å². The zero-order valence-electron chi connectivity index (χ0n) is 17.8. The lowest BCUT2D eigenvalue weighted by molar-refractivity contribution is -0.129. The van der Waals surface area contributed by atoms with Crippen LogP contribution >= 0.6 is 11.3 Å². The molecular weight excluding hydrogens is 382 g/mol. The number of carbonyl (C=O) groups excluding carboxylic acids is 1. The van der Waals surface area contributed by atoms with Crippen molar-refractivity contribution >= 4 is 33.3 Å². The zero-order valence-corrected chi connectivity index (χ0v) is 18.6. The number of carbonyl (C=O) groups is 1. The summed E-state index contributed by atoms with van der Waals surface area (Å²) < 4.78 is 0. The minimum atomic E-state index is 0.162. The number of thiophene rings is 1. The van der Waals surface area contributed by atoms with Crippen LogP contribution in [0.25, 0.3) is 10.2 Å². The van der Waals surface area contributed by atoms with Crippen molar-refractivity contribution in [2.24, 2.45) is 0 Å². The lowest BCUT2D eigenvalue weighted by atomic mass is 9.97. The van der Waals surface area contributed by atoms with Gasteiger partial charge in [0.1, 0.15) is 16.5 Å². The number of hydrogen-bond donors (Lipinski definition) is 0. The highest BCUT2D eigenvalue weighted by Gasteiger charge is 2.32. The van der Waals surface area contributed by atoms with Crippen LogP contribution in [-0.2, 0) is 24.1 Å². The minimum absolute atomic E-state index is 0.162. The molecule has 1 atom stereocenters. The smallest absolute Gasteiger partial charge is 0.230 e. The molecule has 1 aliphatic heterocycles. The summed E-state index contributed by atoms with van der Waals surface area (Å²) in [5, 5.41) is 1.27. The molecule has 0 unspecified atom stereocenters. The van der Waals surface area contributed by atoms with Crippen LogP contribution < -0.4 is 4.90 Å². The fourth-order valence-corrected chi connectivity index (χ4v) is 6.06. The summed E-state index contributed by atoms with van der Waals surface area (Å²) in [6.07, 6.45) is 8.67. The third-order valence-electron chi connectivity index (χ3n) is 6.83. The van der Waals surface area contributed by atoms with Gasteiger partial charge in [-0.25, -0.2) is 9.97 Å². The number of rotatable bonds is 5. The van der Waals surface area contributed by atoms with Crippen LogP contribution in [0.1, 0.15) is 48.4 Å². The van der Waals surface area contributed by atoms with E-state index in [1.165, 1.54) is 41.5 Å². The van der Waals surface area contributed by atoms with Gasteiger partial charge in [0.15, 0.2) is 0 Å². The van der Waals surface area contributed by atoms with Crippen LogP contribution in [0.3, 0.4) is 0 Å². The van der Waals surface area contributed by atoms with Gasteiger partial charge in [0.2, 0.25) is 5.91 Å². The van der Waals surface area contributed by atoms with Crippen LogP contribution in [0.2, 0.25) is 0 Å². The van der Waals surface area contributed by atoms with Gasteiger partial charge in [0.05, 0.1) is 11.8 Å². The van der Waals surface area contributed by atoms with E-state index in [1.54, 1.807) is 0 Å². The van der Waals surface area contributed by atoms with Crippen molar-refractivity contribution in [3.8, 4) is 0 Å². The van der Waals surface area contributed by atoms with Crippen LogP contribution in [0.15, 0.2) is 0 Å². The second kappa shape index (κ2) is 7.51. The normalized spacial score (nSPS) is 21.8. The minimum Gasteiger partial charge on any atom is -0.356 e. The summed E-state index contributed by atoms with van der Waals surface area (Å²) in [7, 11) is 6.35. The molecule has 2 fully saturated rings. The van der Waals surface area contributed by atoms with Crippen LogP contribution in [-0.4, -0.2) is 72.0 Å². The Kier molecular flexibility index (Phi) is 4.98. The first kappa shape index (κ1) is 19.2. The number of aryl methyl sites for hydroxylation is 2. The van der Waals surface area contributed by atoms with Crippen molar-refractivity contribution in [2.75, 3.05) is 39.1 Å². The number of amides is 1. The molecule has 5 rings (SSSR count). The number of hydrogen-bond acceptors (Lipinski definition) is 6. The third kappa shape index (κ3) is 3.63. The molecule has 2 aromatic heterocycles. The van der Waals surface area contributed by atoms with Crippen LogP contribution in [0.5, 0.6) is 0 Å². The standard InChI is InChI=1S/C22H31N5OS/c1-25(2)15-10-11-27(13-15)19(28)12-18-23-21(26(3)14-8-9-14)20-16-6-4-5-7-17(16)29-22(20)24-18/h14-15H,4-13H2,1-3H3/t15-/m1/s1. The molecule has 1 amide bonds. The maximum Gasteiger partial charge on any atom is 0.230 e. The third-order valence-corrected chi connectivity index (χ3v) is 8.01. The SMILES string of the molecule is CN(c1nc(CC(=O)N2CC[C@@H](N(C)C)C2)nc2sc3c(c12)CCCC3)C1CC1. The van der Waals surface area contributed by atoms with Crippen molar-refractivity contribution in [1.82, 2.24) is 19.8 Å². The average Bonchev–Trinajstić information content (AvgIpc) is 3.30. The highest BCUT2D eigenvalue weighted by molar-refractivity contribution is 7.19. The molecule has 0 bridgehead atoms. The molecule has 29 heavy (non-hydrogen) atoms. The fourth-order valence-electron chi connectivity index (χ4n) is 4.79. The van der Waals surface area contributed by atoms with Gasteiger partial charge in [-0.2, -0.15) is 0 Å². The fraction of sp³-hybridized carbons (Fsp3) is 0.682. The Morgan fingerprint density at radius 2 is 1.90 bits per heavy atom. The molecule has 0 N–H and O–H groups in total. The van der Waals surface area contributed by atoms with Crippen LogP contribution in [0, 0.1) is 0 Å². The molecule has 7 heteroatoms. The zero-order chi connectivity index (χ0) is 20.1. The Balaban J connectivity index is 1.46. The van der Waals surface area contributed by atoms with Gasteiger partial charge in [-0.05, 0) is 64.6 Å². The van der Waals surface area contributed by atoms with Crippen molar-refractivity contribution in [3.63, 3.8) is 0 Å². The van der Waals surface area contributed by atoms with E-state index in [0.717, 1.165) is 43.0 Å². The molecule has 0 spiro atoms. The van der Waals surface area contributed by atoms with Crippen molar-refractivity contribution < 1.29 is 4.79 Å². The van der Waals surface area contributed by atoms with E-state index in [2.05, 4.69) is 30.9 Å². The lowest BCUT2D eigenvalue weighted by Gasteiger charge is -2.22. The van der Waals surface area contributed by atoms with Gasteiger partial charge in [0.25, 0.3) is 0 Å². The number of likely N-dealkylation sites (tertiary alicyclic amines) is 1. The molecule has 0 aromatic carbocycles. The van der Waals surface area contributed by atoms with Gasteiger partial charge < -0.3 is 14.7 Å². The molecule has 1 saturated heterocycles. The quantitative estimate of drug-likeness (QED) is 0.754. The van der Waals surface area contributed by atoms with Crippen LogP contribution in [0.4, 0.5) is 5.82 Å². The van der Waals surface area contributed by atoms with Gasteiger partial charge in [-0.1, -0.05) is 0 Å². The van der Waals surface area contributed by atoms with Crippen molar-refractivity contribution in [2.45, 2.75) is 63.5 Å². The maximum absolute atomic E-state index is 13.0. The number of aromatic nitrogens is 2. The Bertz CT molecular complexity index is 935. The molecule has 3 heterocycles. The molecule has 3 aliphatic rings. The number of nitrogens with zero attached hydrogens (tertiary/aromatic N) is 5. The Morgan fingerprint density at radius 3 is 2.62 bits per heavy atom. The number of likely N-dealkylation sites (N-methyl/N-ethyl adjacent to an activating group) is 1. The average molecular weight is 414 g/mol. The maximum atomic E-state index is 13.0. The molecule has 2 aromatic rings. The topological polar surface area (TPSA) is 52.6 Å². The molecular formula is C22H31N5OS. The van der Waals surface area contributed by atoms with Crippen molar-refractivity contribution in [1.29, 1.82) is 0 Å². The summed E-state index contributed by atoms with van der Waals surface area (Å²) in [6.45, 7) is 1.66. The molecule has 156 valence electrons. The van der Waals surface area contributed by atoms with Crippen molar-refractivity contribution in [3.05, 3.63) is 16.3 Å². The van der Waals surface area contributed by atoms with E-state index in [1.807, 2.05) is 16.2 Å². The second-order valence-corrected chi connectivity index (χ2v) is 10.2. The van der Waals surface area contributed by atoms with Gasteiger partial charge in [-0.15, -0.1) is 11.3 Å². The van der Waals surface area contributed by atoms with E-state index < -0.39 is 0 Å². The van der Waals surface area contributed by atoms with Gasteiger partial charge in [0, 0.05) is 37.1 Å². The molecule has 0 radical (unpaired) electrons. The summed E-state index contributed by atoms with van der Waals surface area (Å²) in [6, 6.07) is 1.05. The predicted octanol–water partition coefficient (Wildman–Crippen LogP) is 2.87.